The lowest BCUT2D eigenvalue weighted by atomic mass is 10.1. The van der Waals surface area contributed by atoms with Crippen LogP contribution < -0.4 is 16.4 Å². The SMILES string of the molecule is CC(NC(=O)C(N)CCc1ccccc1)C(=O)NCc1cc(C#N)ccc1O. The molecule has 0 saturated carbocycles. The van der Waals surface area contributed by atoms with Crippen LogP contribution in [0, 0.1) is 11.3 Å². The van der Waals surface area contributed by atoms with Crippen LogP contribution in [-0.2, 0) is 22.6 Å². The highest BCUT2D eigenvalue weighted by Crippen LogP contribution is 2.17. The molecule has 0 aliphatic carbocycles. The van der Waals surface area contributed by atoms with E-state index < -0.39 is 23.9 Å². The van der Waals surface area contributed by atoms with Crippen molar-refractivity contribution in [2.45, 2.75) is 38.4 Å². The van der Waals surface area contributed by atoms with Crippen LogP contribution in [0.15, 0.2) is 48.5 Å². The summed E-state index contributed by atoms with van der Waals surface area (Å²) in [4.78, 5) is 24.4. The lowest BCUT2D eigenvalue weighted by molar-refractivity contribution is -0.129. The third-order valence-electron chi connectivity index (χ3n) is 4.34. The van der Waals surface area contributed by atoms with Crippen molar-refractivity contribution in [3.05, 3.63) is 65.2 Å². The number of aryl methyl sites for hydroxylation is 1. The Morgan fingerprint density at radius 1 is 1.18 bits per heavy atom. The number of nitrogens with zero attached hydrogens (tertiary/aromatic N) is 1. The first-order chi connectivity index (χ1) is 13.4. The van der Waals surface area contributed by atoms with Gasteiger partial charge in [0.1, 0.15) is 11.8 Å². The maximum Gasteiger partial charge on any atom is 0.242 e. The highest BCUT2D eigenvalue weighted by Gasteiger charge is 2.20. The van der Waals surface area contributed by atoms with Gasteiger partial charge >= 0.3 is 0 Å². The number of nitrogens with one attached hydrogen (secondary N) is 2. The third kappa shape index (κ3) is 6.11. The van der Waals surface area contributed by atoms with Crippen molar-refractivity contribution in [2.24, 2.45) is 5.73 Å². The van der Waals surface area contributed by atoms with Crippen molar-refractivity contribution in [1.82, 2.24) is 10.6 Å². The van der Waals surface area contributed by atoms with Crippen molar-refractivity contribution in [2.75, 3.05) is 0 Å². The molecule has 0 spiro atoms. The maximum absolute atomic E-state index is 12.2. The minimum Gasteiger partial charge on any atom is -0.508 e. The smallest absolute Gasteiger partial charge is 0.242 e. The molecule has 0 aromatic heterocycles. The lowest BCUT2D eigenvalue weighted by Gasteiger charge is -2.17. The van der Waals surface area contributed by atoms with E-state index in [1.54, 1.807) is 6.92 Å². The van der Waals surface area contributed by atoms with Gasteiger partial charge in [-0.3, -0.25) is 9.59 Å². The number of amides is 2. The fourth-order valence-electron chi connectivity index (χ4n) is 2.62. The number of phenols is 1. The summed E-state index contributed by atoms with van der Waals surface area (Å²) in [6.07, 6.45) is 1.14. The number of hydrogen-bond donors (Lipinski definition) is 4. The van der Waals surface area contributed by atoms with Gasteiger partial charge in [0.05, 0.1) is 17.7 Å². The van der Waals surface area contributed by atoms with Gasteiger partial charge in [-0.25, -0.2) is 0 Å². The van der Waals surface area contributed by atoms with E-state index >= 15 is 0 Å². The molecule has 28 heavy (non-hydrogen) atoms. The summed E-state index contributed by atoms with van der Waals surface area (Å²) < 4.78 is 0. The Morgan fingerprint density at radius 3 is 2.57 bits per heavy atom. The van der Waals surface area contributed by atoms with Crippen LogP contribution in [0.4, 0.5) is 0 Å². The summed E-state index contributed by atoms with van der Waals surface area (Å²) in [7, 11) is 0. The predicted molar refractivity (Wildman–Crippen MR) is 105 cm³/mol. The minimum absolute atomic E-state index is 0.0149. The fraction of sp³-hybridized carbons (Fsp3) is 0.286. The van der Waals surface area contributed by atoms with Crippen LogP contribution in [0.1, 0.15) is 30.0 Å². The number of rotatable bonds is 8. The summed E-state index contributed by atoms with van der Waals surface area (Å²) in [5.74, 6) is -0.822. The Bertz CT molecular complexity index is 862. The van der Waals surface area contributed by atoms with Crippen LogP contribution in [0.3, 0.4) is 0 Å². The van der Waals surface area contributed by atoms with Crippen molar-refractivity contribution < 1.29 is 14.7 Å². The largest absolute Gasteiger partial charge is 0.508 e. The fourth-order valence-corrected chi connectivity index (χ4v) is 2.62. The van der Waals surface area contributed by atoms with E-state index in [0.29, 0.717) is 24.0 Å². The summed E-state index contributed by atoms with van der Waals surface area (Å²) in [5, 5.41) is 23.9. The zero-order chi connectivity index (χ0) is 20.5. The topological polar surface area (TPSA) is 128 Å². The van der Waals surface area contributed by atoms with Crippen LogP contribution >= 0.6 is 0 Å². The number of nitriles is 1. The van der Waals surface area contributed by atoms with Gasteiger partial charge in [-0.15, -0.1) is 0 Å². The Hall–Kier alpha value is -3.37. The van der Waals surface area contributed by atoms with E-state index in [1.165, 1.54) is 18.2 Å². The van der Waals surface area contributed by atoms with Gasteiger partial charge in [0.15, 0.2) is 0 Å². The Morgan fingerprint density at radius 2 is 1.89 bits per heavy atom. The van der Waals surface area contributed by atoms with Gasteiger partial charge < -0.3 is 21.5 Å². The van der Waals surface area contributed by atoms with Crippen molar-refractivity contribution in [3.8, 4) is 11.8 Å². The van der Waals surface area contributed by atoms with E-state index in [9.17, 15) is 14.7 Å². The molecule has 5 N–H and O–H groups in total. The molecule has 2 rings (SSSR count). The third-order valence-corrected chi connectivity index (χ3v) is 4.34. The van der Waals surface area contributed by atoms with Crippen LogP contribution in [0.25, 0.3) is 0 Å². The molecule has 0 aliphatic rings. The molecule has 7 heteroatoms. The molecule has 7 nitrogen and oxygen atoms in total. The van der Waals surface area contributed by atoms with Crippen molar-refractivity contribution >= 4 is 11.8 Å². The van der Waals surface area contributed by atoms with Gasteiger partial charge in [-0.1, -0.05) is 30.3 Å². The summed E-state index contributed by atoms with van der Waals surface area (Å²) in [6, 6.07) is 14.6. The molecular formula is C21H24N4O3. The Labute approximate surface area is 164 Å². The predicted octanol–water partition coefficient (Wildman–Crippen LogP) is 1.34. The normalized spacial score (nSPS) is 12.5. The van der Waals surface area contributed by atoms with E-state index in [1.807, 2.05) is 36.4 Å². The molecule has 0 heterocycles. The Kier molecular flexibility index (Phi) is 7.55. The molecule has 2 unspecified atom stereocenters. The molecule has 2 atom stereocenters. The second kappa shape index (κ2) is 10.1. The summed E-state index contributed by atoms with van der Waals surface area (Å²) >= 11 is 0. The molecule has 2 amide bonds. The molecule has 2 aromatic carbocycles. The lowest BCUT2D eigenvalue weighted by Crippen LogP contribution is -2.50. The minimum atomic E-state index is -0.781. The summed E-state index contributed by atoms with van der Waals surface area (Å²) in [5.41, 5.74) is 7.82. The van der Waals surface area contributed by atoms with Crippen LogP contribution in [-0.4, -0.2) is 29.0 Å². The van der Waals surface area contributed by atoms with Gasteiger partial charge in [0.25, 0.3) is 0 Å². The molecular weight excluding hydrogens is 356 g/mol. The average molecular weight is 380 g/mol. The Balaban J connectivity index is 1.81. The molecule has 2 aromatic rings. The molecule has 0 fully saturated rings. The number of nitrogens with two attached hydrogens (primary N) is 1. The van der Waals surface area contributed by atoms with E-state index in [4.69, 9.17) is 11.0 Å². The van der Waals surface area contributed by atoms with Gasteiger partial charge in [0.2, 0.25) is 11.8 Å². The van der Waals surface area contributed by atoms with E-state index in [-0.39, 0.29) is 12.3 Å². The van der Waals surface area contributed by atoms with E-state index in [0.717, 1.165) is 5.56 Å². The highest BCUT2D eigenvalue weighted by atomic mass is 16.3. The maximum atomic E-state index is 12.2. The first-order valence-corrected chi connectivity index (χ1v) is 9.00. The first-order valence-electron chi connectivity index (χ1n) is 9.00. The van der Waals surface area contributed by atoms with Gasteiger partial charge in [-0.05, 0) is 43.5 Å². The van der Waals surface area contributed by atoms with Crippen LogP contribution in [0.5, 0.6) is 5.75 Å². The number of carbonyl (C=O) groups excluding carboxylic acids is 2. The van der Waals surface area contributed by atoms with Gasteiger partial charge in [-0.2, -0.15) is 5.26 Å². The number of phenolic OH excluding ortho intramolecular Hbond substituents is 1. The zero-order valence-electron chi connectivity index (χ0n) is 15.7. The summed E-state index contributed by atoms with van der Waals surface area (Å²) in [6.45, 7) is 1.60. The number of carbonyl (C=O) groups is 2. The number of hydrogen-bond acceptors (Lipinski definition) is 5. The molecule has 0 bridgehead atoms. The first kappa shape index (κ1) is 20.9. The van der Waals surface area contributed by atoms with Crippen molar-refractivity contribution in [3.63, 3.8) is 0 Å². The van der Waals surface area contributed by atoms with E-state index in [2.05, 4.69) is 10.6 Å². The molecule has 0 radical (unpaired) electrons. The molecule has 146 valence electrons. The van der Waals surface area contributed by atoms with Crippen LogP contribution in [0.2, 0.25) is 0 Å². The highest BCUT2D eigenvalue weighted by molar-refractivity contribution is 5.89. The standard InChI is InChI=1S/C21H24N4O3/c1-14(20(27)24-13-17-11-16(12-22)8-10-19(17)26)25-21(28)18(23)9-7-15-5-3-2-4-6-15/h2-6,8,10-11,14,18,26H,7,9,13,23H2,1H3,(H,24,27)(H,25,28). The molecule has 0 saturated heterocycles. The monoisotopic (exact) mass is 380 g/mol. The van der Waals surface area contributed by atoms with Gasteiger partial charge in [0, 0.05) is 12.1 Å². The number of aromatic hydroxyl groups is 1. The number of benzene rings is 2. The molecule has 0 aliphatic heterocycles. The van der Waals surface area contributed by atoms with Crippen molar-refractivity contribution in [1.29, 1.82) is 5.26 Å². The second-order valence-electron chi connectivity index (χ2n) is 6.53. The average Bonchev–Trinajstić information content (AvgIpc) is 2.71. The quantitative estimate of drug-likeness (QED) is 0.549. The second-order valence-corrected chi connectivity index (χ2v) is 6.53. The zero-order valence-corrected chi connectivity index (χ0v) is 15.7.